The number of ether oxygens (including phenoxy) is 1. The molecule has 1 fully saturated rings. The molecule has 108 valence electrons. The standard InChI is InChI=1S/C13H18N4O3/c1-10(18)16-8-13(19)17-6-2-3-11(9-17)20-12-7-14-4-5-15-12/h4-5,7,11H,2-3,6,8-9H2,1H3,(H,16,18)/t11-/m1/s1. The zero-order valence-electron chi connectivity index (χ0n) is 11.4. The van der Waals surface area contributed by atoms with E-state index in [0.717, 1.165) is 12.8 Å². The molecule has 7 heteroatoms. The first kappa shape index (κ1) is 14.2. The van der Waals surface area contributed by atoms with Crippen molar-refractivity contribution in [3.8, 4) is 5.88 Å². The average molecular weight is 278 g/mol. The van der Waals surface area contributed by atoms with Crippen LogP contribution in [0, 0.1) is 0 Å². The summed E-state index contributed by atoms with van der Waals surface area (Å²) in [5, 5.41) is 2.51. The van der Waals surface area contributed by atoms with Gasteiger partial charge < -0.3 is 15.0 Å². The number of hydrogen-bond donors (Lipinski definition) is 1. The number of piperidine rings is 1. The van der Waals surface area contributed by atoms with Crippen LogP contribution in [0.5, 0.6) is 5.88 Å². The topological polar surface area (TPSA) is 84.4 Å². The van der Waals surface area contributed by atoms with Crippen LogP contribution in [-0.4, -0.2) is 52.4 Å². The van der Waals surface area contributed by atoms with Crippen molar-refractivity contribution >= 4 is 11.8 Å². The lowest BCUT2D eigenvalue weighted by Gasteiger charge is -2.32. The molecule has 0 aromatic carbocycles. The number of amides is 2. The van der Waals surface area contributed by atoms with Crippen molar-refractivity contribution < 1.29 is 14.3 Å². The van der Waals surface area contributed by atoms with Crippen LogP contribution in [0.1, 0.15) is 19.8 Å². The van der Waals surface area contributed by atoms with Gasteiger partial charge >= 0.3 is 0 Å². The van der Waals surface area contributed by atoms with E-state index in [0.29, 0.717) is 19.0 Å². The second kappa shape index (κ2) is 6.83. The lowest BCUT2D eigenvalue weighted by molar-refractivity contribution is -0.134. The van der Waals surface area contributed by atoms with Crippen molar-refractivity contribution in [2.24, 2.45) is 0 Å². The van der Waals surface area contributed by atoms with Gasteiger partial charge in [-0.05, 0) is 12.8 Å². The molecular formula is C13H18N4O3. The molecule has 7 nitrogen and oxygen atoms in total. The minimum Gasteiger partial charge on any atom is -0.471 e. The van der Waals surface area contributed by atoms with E-state index in [1.54, 1.807) is 23.5 Å². The Morgan fingerprint density at radius 1 is 1.50 bits per heavy atom. The van der Waals surface area contributed by atoms with Crippen LogP contribution in [0.2, 0.25) is 0 Å². The minimum absolute atomic E-state index is 0.0349. The molecule has 1 atom stereocenters. The van der Waals surface area contributed by atoms with Crippen molar-refractivity contribution in [2.45, 2.75) is 25.9 Å². The molecule has 1 aliphatic heterocycles. The third-order valence-electron chi connectivity index (χ3n) is 3.05. The average Bonchev–Trinajstić information content (AvgIpc) is 2.46. The summed E-state index contributed by atoms with van der Waals surface area (Å²) in [7, 11) is 0. The van der Waals surface area contributed by atoms with Gasteiger partial charge in [0.1, 0.15) is 6.10 Å². The Morgan fingerprint density at radius 2 is 2.35 bits per heavy atom. The maximum absolute atomic E-state index is 11.9. The van der Waals surface area contributed by atoms with E-state index in [9.17, 15) is 9.59 Å². The maximum Gasteiger partial charge on any atom is 0.242 e. The number of nitrogens with one attached hydrogen (secondary N) is 1. The highest BCUT2D eigenvalue weighted by atomic mass is 16.5. The van der Waals surface area contributed by atoms with Crippen molar-refractivity contribution in [3.63, 3.8) is 0 Å². The molecule has 0 aliphatic carbocycles. The van der Waals surface area contributed by atoms with Crippen LogP contribution in [0.3, 0.4) is 0 Å². The number of likely N-dealkylation sites (tertiary alicyclic amines) is 1. The second-order valence-electron chi connectivity index (χ2n) is 4.68. The summed E-state index contributed by atoms with van der Waals surface area (Å²) in [6.07, 6.45) is 6.37. The predicted octanol–water partition coefficient (Wildman–Crippen LogP) is -0.0175. The Labute approximate surface area is 117 Å². The van der Waals surface area contributed by atoms with E-state index in [4.69, 9.17) is 4.74 Å². The fraction of sp³-hybridized carbons (Fsp3) is 0.538. The third kappa shape index (κ3) is 4.18. The number of nitrogens with zero attached hydrogens (tertiary/aromatic N) is 3. The van der Waals surface area contributed by atoms with Crippen LogP contribution < -0.4 is 10.1 Å². The summed E-state index contributed by atoms with van der Waals surface area (Å²) in [6.45, 7) is 2.63. The molecule has 2 amide bonds. The lowest BCUT2D eigenvalue weighted by Crippen LogP contribution is -2.47. The Balaban J connectivity index is 1.85. The smallest absolute Gasteiger partial charge is 0.242 e. The van der Waals surface area contributed by atoms with Crippen molar-refractivity contribution in [2.75, 3.05) is 19.6 Å². The zero-order valence-corrected chi connectivity index (χ0v) is 11.4. The molecule has 0 bridgehead atoms. The van der Waals surface area contributed by atoms with E-state index in [1.165, 1.54) is 6.92 Å². The summed E-state index contributed by atoms with van der Waals surface area (Å²) in [5.41, 5.74) is 0. The predicted molar refractivity (Wildman–Crippen MR) is 70.9 cm³/mol. The van der Waals surface area contributed by atoms with E-state index in [-0.39, 0.29) is 24.5 Å². The molecule has 0 unspecified atom stereocenters. The first-order valence-electron chi connectivity index (χ1n) is 6.60. The maximum atomic E-state index is 11.9. The van der Waals surface area contributed by atoms with E-state index in [2.05, 4.69) is 15.3 Å². The Hall–Kier alpha value is -2.18. The van der Waals surface area contributed by atoms with Gasteiger partial charge in [-0.1, -0.05) is 0 Å². The third-order valence-corrected chi connectivity index (χ3v) is 3.05. The van der Waals surface area contributed by atoms with Gasteiger partial charge in [0.2, 0.25) is 17.7 Å². The van der Waals surface area contributed by atoms with E-state index < -0.39 is 0 Å². The van der Waals surface area contributed by atoms with Gasteiger partial charge in [0.25, 0.3) is 0 Å². The van der Waals surface area contributed by atoms with Crippen molar-refractivity contribution in [1.29, 1.82) is 0 Å². The van der Waals surface area contributed by atoms with E-state index >= 15 is 0 Å². The number of carbonyl (C=O) groups is 2. The minimum atomic E-state index is -0.206. The van der Waals surface area contributed by atoms with Gasteiger partial charge in [0.15, 0.2) is 0 Å². The molecule has 20 heavy (non-hydrogen) atoms. The van der Waals surface area contributed by atoms with Crippen molar-refractivity contribution in [1.82, 2.24) is 20.2 Å². The quantitative estimate of drug-likeness (QED) is 0.837. The Kier molecular flexibility index (Phi) is 4.86. The normalized spacial score (nSPS) is 18.4. The van der Waals surface area contributed by atoms with Gasteiger partial charge in [0, 0.05) is 25.9 Å². The number of hydrogen-bond acceptors (Lipinski definition) is 5. The second-order valence-corrected chi connectivity index (χ2v) is 4.68. The number of carbonyl (C=O) groups excluding carboxylic acids is 2. The summed E-state index contributed by atoms with van der Waals surface area (Å²) >= 11 is 0. The lowest BCUT2D eigenvalue weighted by atomic mass is 10.1. The molecular weight excluding hydrogens is 260 g/mol. The van der Waals surface area contributed by atoms with Crippen LogP contribution in [0.15, 0.2) is 18.6 Å². The molecule has 1 aromatic heterocycles. The first-order valence-corrected chi connectivity index (χ1v) is 6.60. The number of rotatable bonds is 4. The fourth-order valence-electron chi connectivity index (χ4n) is 2.09. The van der Waals surface area contributed by atoms with Crippen molar-refractivity contribution in [3.05, 3.63) is 18.6 Å². The highest BCUT2D eigenvalue weighted by molar-refractivity contribution is 5.83. The monoisotopic (exact) mass is 278 g/mol. The highest BCUT2D eigenvalue weighted by Crippen LogP contribution is 2.15. The largest absolute Gasteiger partial charge is 0.471 e. The Bertz CT molecular complexity index is 466. The molecule has 0 radical (unpaired) electrons. The summed E-state index contributed by atoms with van der Waals surface area (Å²) < 4.78 is 5.71. The fourth-order valence-corrected chi connectivity index (χ4v) is 2.09. The molecule has 0 spiro atoms. The van der Waals surface area contributed by atoms with Gasteiger partial charge in [-0.25, -0.2) is 4.98 Å². The molecule has 1 N–H and O–H groups in total. The van der Waals surface area contributed by atoms with Crippen LogP contribution in [0.4, 0.5) is 0 Å². The molecule has 1 aliphatic rings. The zero-order chi connectivity index (χ0) is 14.4. The summed E-state index contributed by atoms with van der Waals surface area (Å²) in [5.74, 6) is 0.170. The molecule has 0 saturated carbocycles. The van der Waals surface area contributed by atoms with E-state index in [1.807, 2.05) is 0 Å². The Morgan fingerprint density at radius 3 is 3.05 bits per heavy atom. The van der Waals surface area contributed by atoms with Crippen LogP contribution in [-0.2, 0) is 9.59 Å². The SMILES string of the molecule is CC(=O)NCC(=O)N1CCC[C@@H](Oc2cnccn2)C1. The van der Waals surface area contributed by atoms with Gasteiger partial charge in [0.05, 0.1) is 19.3 Å². The van der Waals surface area contributed by atoms with Crippen LogP contribution in [0.25, 0.3) is 0 Å². The summed E-state index contributed by atoms with van der Waals surface area (Å²) in [4.78, 5) is 32.4. The molecule has 1 aromatic rings. The molecule has 2 heterocycles. The highest BCUT2D eigenvalue weighted by Gasteiger charge is 2.25. The van der Waals surface area contributed by atoms with Crippen LogP contribution >= 0.6 is 0 Å². The van der Waals surface area contributed by atoms with Gasteiger partial charge in [-0.2, -0.15) is 0 Å². The van der Waals surface area contributed by atoms with Gasteiger partial charge in [-0.15, -0.1) is 0 Å². The first-order chi connectivity index (χ1) is 9.65. The number of aromatic nitrogens is 2. The molecule has 2 rings (SSSR count). The summed E-state index contributed by atoms with van der Waals surface area (Å²) in [6, 6.07) is 0. The van der Waals surface area contributed by atoms with Gasteiger partial charge in [-0.3, -0.25) is 14.6 Å². The molecule has 1 saturated heterocycles.